The Morgan fingerprint density at radius 2 is 2.06 bits per heavy atom. The molecule has 2 atom stereocenters. The van der Waals surface area contributed by atoms with Crippen LogP contribution in [0.25, 0.3) is 11.4 Å². The van der Waals surface area contributed by atoms with Gasteiger partial charge in [-0.15, -0.1) is 11.3 Å². The molecule has 162 valence electrons. The second-order valence-corrected chi connectivity index (χ2v) is 10.3. The van der Waals surface area contributed by atoms with Crippen LogP contribution in [0.4, 0.5) is 0 Å². The zero-order valence-corrected chi connectivity index (χ0v) is 19.2. The summed E-state index contributed by atoms with van der Waals surface area (Å²) in [5, 5.41) is 5.20. The molecule has 1 aromatic carbocycles. The predicted molar refractivity (Wildman–Crippen MR) is 119 cm³/mol. The number of hydrogen-bond donors (Lipinski definition) is 0. The van der Waals surface area contributed by atoms with Gasteiger partial charge in [-0.1, -0.05) is 28.9 Å². The number of benzene rings is 1. The fraction of sp³-hybridized carbons (Fsp3) is 0.478. The number of carbonyl (C=O) groups excluding carboxylic acids is 1. The Hall–Kier alpha value is -2.58. The van der Waals surface area contributed by atoms with Crippen molar-refractivity contribution >= 4 is 17.2 Å². The third-order valence-corrected chi connectivity index (χ3v) is 7.69. The van der Waals surface area contributed by atoms with Crippen molar-refractivity contribution < 1.29 is 9.32 Å². The molecule has 4 heterocycles. The average Bonchev–Trinajstić information content (AvgIpc) is 3.49. The first kappa shape index (κ1) is 20.3. The van der Waals surface area contributed by atoms with E-state index in [0.29, 0.717) is 24.8 Å². The third kappa shape index (κ3) is 3.57. The molecule has 0 N–H and O–H groups in total. The van der Waals surface area contributed by atoms with Gasteiger partial charge in [0, 0.05) is 30.6 Å². The lowest BCUT2D eigenvalue weighted by molar-refractivity contribution is 0.0777. The molecular weight excluding hydrogens is 410 g/mol. The van der Waals surface area contributed by atoms with E-state index in [1.165, 1.54) is 11.3 Å². The summed E-state index contributed by atoms with van der Waals surface area (Å²) in [4.78, 5) is 27.6. The quantitative estimate of drug-likeness (QED) is 0.622. The Kier molecular flexibility index (Phi) is 4.94. The standard InChI is InChI=1S/C23H27N5O2S/c1-14-6-5-7-17(10-14)20-25-21(30-26-20)18-11-28(13-23(18)8-9-27(4)12-23)22(29)19-15(2)24-16(3)31-19/h5-7,10,18H,8-9,11-13H2,1-4H3/t18-,23-/m0/s1. The Morgan fingerprint density at radius 3 is 2.74 bits per heavy atom. The highest BCUT2D eigenvalue weighted by Gasteiger charge is 2.54. The van der Waals surface area contributed by atoms with Crippen LogP contribution >= 0.6 is 11.3 Å². The number of thiazole rings is 1. The van der Waals surface area contributed by atoms with Crippen LogP contribution in [0.5, 0.6) is 0 Å². The molecule has 0 radical (unpaired) electrons. The Labute approximate surface area is 186 Å². The fourth-order valence-electron chi connectivity index (χ4n) is 5.14. The molecule has 1 spiro atoms. The maximum atomic E-state index is 13.4. The summed E-state index contributed by atoms with van der Waals surface area (Å²) in [5.41, 5.74) is 2.86. The van der Waals surface area contributed by atoms with E-state index in [2.05, 4.69) is 41.1 Å². The molecule has 0 saturated carbocycles. The lowest BCUT2D eigenvalue weighted by Gasteiger charge is -2.27. The number of nitrogens with zero attached hydrogens (tertiary/aromatic N) is 5. The first-order valence-corrected chi connectivity index (χ1v) is 11.5. The average molecular weight is 438 g/mol. The van der Waals surface area contributed by atoms with E-state index in [-0.39, 0.29) is 17.2 Å². The molecule has 0 aliphatic carbocycles. The number of aryl methyl sites for hydroxylation is 3. The minimum absolute atomic E-state index is 0.0294. The van der Waals surface area contributed by atoms with Gasteiger partial charge in [-0.3, -0.25) is 4.79 Å². The van der Waals surface area contributed by atoms with Crippen LogP contribution in [0.2, 0.25) is 0 Å². The number of carbonyl (C=O) groups is 1. The van der Waals surface area contributed by atoms with Gasteiger partial charge >= 0.3 is 0 Å². The summed E-state index contributed by atoms with van der Waals surface area (Å²) in [6.45, 7) is 9.14. The maximum Gasteiger partial charge on any atom is 0.265 e. The number of hydrogen-bond acceptors (Lipinski definition) is 7. The molecule has 1 amide bonds. The van der Waals surface area contributed by atoms with Gasteiger partial charge in [0.15, 0.2) is 0 Å². The summed E-state index contributed by atoms with van der Waals surface area (Å²) in [6.07, 6.45) is 1.01. The SMILES string of the molecule is Cc1cccc(-c2noc([C@@H]3CN(C(=O)c4sc(C)nc4C)C[C@@]34CCN(C)C4)n2)c1. The van der Waals surface area contributed by atoms with Gasteiger partial charge < -0.3 is 14.3 Å². The van der Waals surface area contributed by atoms with Crippen LogP contribution < -0.4 is 0 Å². The Balaban J connectivity index is 1.47. The maximum absolute atomic E-state index is 13.4. The van der Waals surface area contributed by atoms with Gasteiger partial charge in [0.1, 0.15) is 4.88 Å². The van der Waals surface area contributed by atoms with Gasteiger partial charge in [0.05, 0.1) is 16.6 Å². The molecule has 0 unspecified atom stereocenters. The predicted octanol–water partition coefficient (Wildman–Crippen LogP) is 3.68. The highest BCUT2D eigenvalue weighted by atomic mass is 32.1. The van der Waals surface area contributed by atoms with Crippen molar-refractivity contribution in [2.45, 2.75) is 33.1 Å². The van der Waals surface area contributed by atoms with Crippen LogP contribution in [0.1, 0.15) is 44.2 Å². The number of amides is 1. The van der Waals surface area contributed by atoms with E-state index in [0.717, 1.165) is 46.2 Å². The summed E-state index contributed by atoms with van der Waals surface area (Å²) in [5.74, 6) is 1.35. The summed E-state index contributed by atoms with van der Waals surface area (Å²) >= 11 is 1.48. The molecule has 2 aromatic heterocycles. The second-order valence-electron chi connectivity index (χ2n) is 9.06. The molecule has 2 saturated heterocycles. The van der Waals surface area contributed by atoms with Crippen LogP contribution in [0.15, 0.2) is 28.8 Å². The first-order valence-electron chi connectivity index (χ1n) is 10.7. The van der Waals surface area contributed by atoms with E-state index in [4.69, 9.17) is 9.51 Å². The highest BCUT2D eigenvalue weighted by molar-refractivity contribution is 7.13. The van der Waals surface area contributed by atoms with E-state index in [1.807, 2.05) is 30.9 Å². The van der Waals surface area contributed by atoms with Crippen molar-refractivity contribution in [1.82, 2.24) is 24.9 Å². The smallest absolute Gasteiger partial charge is 0.265 e. The van der Waals surface area contributed by atoms with E-state index in [1.54, 1.807) is 0 Å². The molecule has 31 heavy (non-hydrogen) atoms. The van der Waals surface area contributed by atoms with Gasteiger partial charge in [-0.25, -0.2) is 4.98 Å². The largest absolute Gasteiger partial charge is 0.339 e. The molecule has 3 aromatic rings. The highest BCUT2D eigenvalue weighted by Crippen LogP contribution is 2.49. The van der Waals surface area contributed by atoms with E-state index in [9.17, 15) is 4.79 Å². The van der Waals surface area contributed by atoms with E-state index >= 15 is 0 Å². The number of likely N-dealkylation sites (tertiary alicyclic amines) is 2. The molecule has 2 aliphatic heterocycles. The summed E-state index contributed by atoms with van der Waals surface area (Å²) < 4.78 is 5.80. The molecule has 7 nitrogen and oxygen atoms in total. The summed E-state index contributed by atoms with van der Waals surface area (Å²) in [7, 11) is 2.14. The van der Waals surface area contributed by atoms with Crippen LogP contribution in [0.3, 0.4) is 0 Å². The second kappa shape index (κ2) is 7.53. The molecular formula is C23H27N5O2S. The molecule has 2 aliphatic rings. The van der Waals surface area contributed by atoms with E-state index < -0.39 is 0 Å². The zero-order valence-electron chi connectivity index (χ0n) is 18.4. The van der Waals surface area contributed by atoms with Crippen LogP contribution in [-0.2, 0) is 0 Å². The first-order chi connectivity index (χ1) is 14.8. The van der Waals surface area contributed by atoms with Gasteiger partial charge in [0.2, 0.25) is 11.7 Å². The molecule has 2 fully saturated rings. The van der Waals surface area contributed by atoms with Crippen molar-refractivity contribution in [2.75, 3.05) is 33.2 Å². The number of aromatic nitrogens is 3. The summed E-state index contributed by atoms with van der Waals surface area (Å²) in [6, 6.07) is 8.12. The van der Waals surface area contributed by atoms with Crippen molar-refractivity contribution in [3.63, 3.8) is 0 Å². The lowest BCUT2D eigenvalue weighted by atomic mass is 9.77. The van der Waals surface area contributed by atoms with Crippen molar-refractivity contribution in [2.24, 2.45) is 5.41 Å². The normalized spacial score (nSPS) is 23.9. The lowest BCUT2D eigenvalue weighted by Crippen LogP contribution is -2.34. The van der Waals surface area contributed by atoms with Crippen molar-refractivity contribution in [3.05, 3.63) is 51.3 Å². The topological polar surface area (TPSA) is 75.4 Å². The van der Waals surface area contributed by atoms with Gasteiger partial charge in [-0.05, 0) is 46.9 Å². The van der Waals surface area contributed by atoms with Crippen LogP contribution in [-0.4, -0.2) is 64.1 Å². The van der Waals surface area contributed by atoms with Gasteiger partial charge in [0.25, 0.3) is 5.91 Å². The van der Waals surface area contributed by atoms with Crippen molar-refractivity contribution in [3.8, 4) is 11.4 Å². The molecule has 5 rings (SSSR count). The monoisotopic (exact) mass is 437 g/mol. The van der Waals surface area contributed by atoms with Crippen molar-refractivity contribution in [1.29, 1.82) is 0 Å². The third-order valence-electron chi connectivity index (χ3n) is 6.63. The minimum atomic E-state index is -0.0611. The zero-order chi connectivity index (χ0) is 21.8. The molecule has 8 heteroatoms. The van der Waals surface area contributed by atoms with Gasteiger partial charge in [-0.2, -0.15) is 4.98 Å². The minimum Gasteiger partial charge on any atom is -0.339 e. The fourth-order valence-corrected chi connectivity index (χ4v) is 6.03. The van der Waals surface area contributed by atoms with Crippen LogP contribution in [0, 0.1) is 26.2 Å². The molecule has 0 bridgehead atoms. The Morgan fingerprint density at radius 1 is 1.23 bits per heavy atom. The number of rotatable bonds is 3. The Bertz CT molecular complexity index is 1140.